The fourth-order valence-electron chi connectivity index (χ4n) is 1.48. The summed E-state index contributed by atoms with van der Waals surface area (Å²) in [4.78, 5) is 1.62. The minimum atomic E-state index is -2.29. The van der Waals surface area contributed by atoms with Crippen molar-refractivity contribution in [3.63, 3.8) is 0 Å². The lowest BCUT2D eigenvalue weighted by Crippen LogP contribution is -2.44. The summed E-state index contributed by atoms with van der Waals surface area (Å²) in [6.07, 6.45) is -1.91. The van der Waals surface area contributed by atoms with Crippen LogP contribution in [0.1, 0.15) is 13.3 Å². The van der Waals surface area contributed by atoms with Crippen LogP contribution in [-0.2, 0) is 0 Å². The minimum Gasteiger partial charge on any atom is -0.392 e. The molecule has 2 unspecified atom stereocenters. The Hall–Kier alpha value is -0.220. The Balaban J connectivity index is 2.30. The zero-order valence-corrected chi connectivity index (χ0v) is 7.21. The van der Waals surface area contributed by atoms with Crippen molar-refractivity contribution in [3.05, 3.63) is 0 Å². The van der Waals surface area contributed by atoms with Gasteiger partial charge in [0.05, 0.1) is 12.6 Å². The first-order chi connectivity index (χ1) is 5.59. The van der Waals surface area contributed by atoms with Crippen LogP contribution >= 0.6 is 0 Å². The lowest BCUT2D eigenvalue weighted by Gasteiger charge is -2.33. The molecule has 0 aromatic rings. The van der Waals surface area contributed by atoms with Gasteiger partial charge in [-0.2, -0.15) is 0 Å². The Kier molecular flexibility index (Phi) is 3.40. The van der Waals surface area contributed by atoms with Crippen LogP contribution in [0.3, 0.4) is 0 Å². The molecule has 1 heterocycles. The summed E-state index contributed by atoms with van der Waals surface area (Å²) in [5.41, 5.74) is 0. The van der Waals surface area contributed by atoms with Gasteiger partial charge in [0, 0.05) is 6.54 Å². The summed E-state index contributed by atoms with van der Waals surface area (Å²) < 4.78 is 23.8. The number of piperidine rings is 1. The van der Waals surface area contributed by atoms with Crippen molar-refractivity contribution in [1.29, 1.82) is 0 Å². The molecule has 0 saturated carbocycles. The van der Waals surface area contributed by atoms with Gasteiger partial charge in [0.2, 0.25) is 0 Å². The number of rotatable bonds is 2. The average molecular weight is 179 g/mol. The number of hydrogen-bond donors (Lipinski definition) is 1. The van der Waals surface area contributed by atoms with E-state index in [2.05, 4.69) is 0 Å². The van der Waals surface area contributed by atoms with Gasteiger partial charge >= 0.3 is 0 Å². The van der Waals surface area contributed by atoms with E-state index in [-0.39, 0.29) is 12.5 Å². The number of β-amino-alcohol motifs (C(OH)–C–C–N with tert-alkyl or cyclic N) is 1. The first-order valence-electron chi connectivity index (χ1n) is 4.28. The molecular formula is C8H15F2NO. The van der Waals surface area contributed by atoms with Gasteiger partial charge in [0.1, 0.15) is 0 Å². The number of alkyl halides is 2. The maximum absolute atomic E-state index is 11.9. The maximum Gasteiger partial charge on any atom is 0.251 e. The van der Waals surface area contributed by atoms with Gasteiger partial charge in [-0.25, -0.2) is 8.78 Å². The minimum absolute atomic E-state index is 0.205. The van der Waals surface area contributed by atoms with Crippen molar-refractivity contribution >= 4 is 0 Å². The van der Waals surface area contributed by atoms with E-state index in [1.807, 2.05) is 6.92 Å². The van der Waals surface area contributed by atoms with Gasteiger partial charge in [0.15, 0.2) is 0 Å². The van der Waals surface area contributed by atoms with Crippen LogP contribution in [0.25, 0.3) is 0 Å². The third-order valence-corrected chi connectivity index (χ3v) is 2.40. The standard InChI is InChI=1S/C8H15F2NO/c1-6-2-3-11(4-7(6)12)5-8(9)10/h6-8,12H,2-5H2,1H3. The molecule has 2 nitrogen and oxygen atoms in total. The predicted octanol–water partition coefficient (Wildman–Crippen LogP) is 0.954. The van der Waals surface area contributed by atoms with Crippen LogP contribution in [0, 0.1) is 5.92 Å². The molecule has 0 aromatic carbocycles. The SMILES string of the molecule is CC1CCN(CC(F)F)CC1O. The van der Waals surface area contributed by atoms with Crippen LogP contribution in [0.2, 0.25) is 0 Å². The van der Waals surface area contributed by atoms with Crippen molar-refractivity contribution in [2.45, 2.75) is 25.9 Å². The first kappa shape index (κ1) is 9.86. The van der Waals surface area contributed by atoms with Gasteiger partial charge in [0.25, 0.3) is 6.43 Å². The van der Waals surface area contributed by atoms with Gasteiger partial charge in [-0.3, -0.25) is 4.90 Å². The van der Waals surface area contributed by atoms with Crippen LogP contribution < -0.4 is 0 Å². The van der Waals surface area contributed by atoms with Crippen LogP contribution in [0.4, 0.5) is 8.78 Å². The molecule has 1 N–H and O–H groups in total. The highest BCUT2D eigenvalue weighted by molar-refractivity contribution is 4.77. The zero-order chi connectivity index (χ0) is 9.14. The van der Waals surface area contributed by atoms with E-state index in [9.17, 15) is 13.9 Å². The topological polar surface area (TPSA) is 23.5 Å². The molecule has 0 aromatic heterocycles. The van der Waals surface area contributed by atoms with Gasteiger partial charge < -0.3 is 5.11 Å². The second kappa shape index (κ2) is 4.14. The monoisotopic (exact) mass is 179 g/mol. The molecule has 1 aliphatic rings. The molecule has 1 saturated heterocycles. The Morgan fingerprint density at radius 1 is 1.58 bits per heavy atom. The number of aliphatic hydroxyl groups is 1. The highest BCUT2D eigenvalue weighted by Gasteiger charge is 2.25. The molecule has 1 aliphatic heterocycles. The number of nitrogens with zero attached hydrogens (tertiary/aromatic N) is 1. The zero-order valence-electron chi connectivity index (χ0n) is 7.21. The maximum atomic E-state index is 11.9. The Labute approximate surface area is 71.2 Å². The summed E-state index contributed by atoms with van der Waals surface area (Å²) >= 11 is 0. The molecule has 12 heavy (non-hydrogen) atoms. The van der Waals surface area contributed by atoms with E-state index in [1.165, 1.54) is 0 Å². The van der Waals surface area contributed by atoms with E-state index in [0.29, 0.717) is 13.1 Å². The second-order valence-electron chi connectivity index (χ2n) is 3.48. The summed E-state index contributed by atoms with van der Waals surface area (Å²) in [7, 11) is 0. The quantitative estimate of drug-likeness (QED) is 0.682. The molecule has 0 amide bonds. The molecule has 1 fully saturated rings. The van der Waals surface area contributed by atoms with Crippen LogP contribution in [0.5, 0.6) is 0 Å². The summed E-state index contributed by atoms with van der Waals surface area (Å²) in [5.74, 6) is 0.249. The second-order valence-corrected chi connectivity index (χ2v) is 3.48. The number of aliphatic hydroxyl groups excluding tert-OH is 1. The Morgan fingerprint density at radius 2 is 2.25 bits per heavy atom. The van der Waals surface area contributed by atoms with Crippen molar-refractivity contribution in [2.75, 3.05) is 19.6 Å². The smallest absolute Gasteiger partial charge is 0.251 e. The van der Waals surface area contributed by atoms with E-state index in [1.54, 1.807) is 4.90 Å². The lowest BCUT2D eigenvalue weighted by molar-refractivity contribution is 0.00185. The summed E-state index contributed by atoms with van der Waals surface area (Å²) in [6.45, 7) is 2.82. The Bertz CT molecular complexity index is 143. The third kappa shape index (κ3) is 2.68. The molecule has 2 atom stereocenters. The summed E-state index contributed by atoms with van der Waals surface area (Å²) in [5, 5.41) is 9.37. The fraction of sp³-hybridized carbons (Fsp3) is 1.00. The van der Waals surface area contributed by atoms with Gasteiger partial charge in [-0.1, -0.05) is 6.92 Å². The molecular weight excluding hydrogens is 164 g/mol. The fourth-order valence-corrected chi connectivity index (χ4v) is 1.48. The molecule has 0 aliphatic carbocycles. The predicted molar refractivity (Wildman–Crippen MR) is 42.2 cm³/mol. The average Bonchev–Trinajstić information content (AvgIpc) is 1.96. The van der Waals surface area contributed by atoms with Crippen LogP contribution in [0.15, 0.2) is 0 Å². The van der Waals surface area contributed by atoms with Crippen molar-refractivity contribution in [2.24, 2.45) is 5.92 Å². The molecule has 0 spiro atoms. The molecule has 72 valence electrons. The summed E-state index contributed by atoms with van der Waals surface area (Å²) in [6, 6.07) is 0. The molecule has 1 rings (SSSR count). The third-order valence-electron chi connectivity index (χ3n) is 2.40. The van der Waals surface area contributed by atoms with Crippen molar-refractivity contribution in [3.8, 4) is 0 Å². The van der Waals surface area contributed by atoms with Crippen LogP contribution in [-0.4, -0.2) is 42.2 Å². The molecule has 0 bridgehead atoms. The van der Waals surface area contributed by atoms with E-state index in [4.69, 9.17) is 0 Å². The van der Waals surface area contributed by atoms with Gasteiger partial charge in [-0.05, 0) is 18.9 Å². The Morgan fingerprint density at radius 3 is 2.75 bits per heavy atom. The number of hydrogen-bond acceptors (Lipinski definition) is 2. The normalized spacial score (nSPS) is 32.8. The van der Waals surface area contributed by atoms with E-state index >= 15 is 0 Å². The van der Waals surface area contributed by atoms with E-state index < -0.39 is 12.5 Å². The number of halogens is 2. The van der Waals surface area contributed by atoms with E-state index in [0.717, 1.165) is 6.42 Å². The number of likely N-dealkylation sites (tertiary alicyclic amines) is 1. The van der Waals surface area contributed by atoms with Crippen molar-refractivity contribution < 1.29 is 13.9 Å². The largest absolute Gasteiger partial charge is 0.392 e. The first-order valence-corrected chi connectivity index (χ1v) is 4.28. The molecule has 4 heteroatoms. The highest BCUT2D eigenvalue weighted by Crippen LogP contribution is 2.17. The molecule has 0 radical (unpaired) electrons. The lowest BCUT2D eigenvalue weighted by atomic mass is 9.96. The highest BCUT2D eigenvalue weighted by atomic mass is 19.3. The van der Waals surface area contributed by atoms with Crippen molar-refractivity contribution in [1.82, 2.24) is 4.90 Å². The van der Waals surface area contributed by atoms with Gasteiger partial charge in [-0.15, -0.1) is 0 Å².